The van der Waals surface area contributed by atoms with Gasteiger partial charge >= 0.3 is 0 Å². The zero-order valence-electron chi connectivity index (χ0n) is 11.3. The SMILES string of the molecule is COC(C)(OC)C(S)OCCCc1ccccc1. The Morgan fingerprint density at radius 1 is 1.17 bits per heavy atom. The lowest BCUT2D eigenvalue weighted by Gasteiger charge is -2.31. The molecule has 0 aliphatic rings. The van der Waals surface area contributed by atoms with Gasteiger partial charge in [-0.05, 0) is 25.3 Å². The Labute approximate surface area is 115 Å². The van der Waals surface area contributed by atoms with Gasteiger partial charge in [-0.15, -0.1) is 12.6 Å². The van der Waals surface area contributed by atoms with Gasteiger partial charge in [0.25, 0.3) is 0 Å². The van der Waals surface area contributed by atoms with E-state index in [1.54, 1.807) is 14.2 Å². The number of ether oxygens (including phenoxy) is 3. The van der Waals surface area contributed by atoms with E-state index in [1.165, 1.54) is 5.56 Å². The van der Waals surface area contributed by atoms with Crippen LogP contribution >= 0.6 is 12.6 Å². The average molecular weight is 270 g/mol. The van der Waals surface area contributed by atoms with E-state index in [9.17, 15) is 0 Å². The van der Waals surface area contributed by atoms with Crippen molar-refractivity contribution in [3.8, 4) is 0 Å². The maximum atomic E-state index is 5.62. The Morgan fingerprint density at radius 2 is 1.78 bits per heavy atom. The summed E-state index contributed by atoms with van der Waals surface area (Å²) in [5.74, 6) is -0.810. The highest BCUT2D eigenvalue weighted by atomic mass is 32.1. The molecule has 1 rings (SSSR count). The van der Waals surface area contributed by atoms with Crippen molar-refractivity contribution in [2.24, 2.45) is 0 Å². The minimum atomic E-state index is -0.810. The van der Waals surface area contributed by atoms with Crippen LogP contribution in [0.2, 0.25) is 0 Å². The normalized spacial score (nSPS) is 13.6. The number of aryl methyl sites for hydroxylation is 1. The summed E-state index contributed by atoms with van der Waals surface area (Å²) < 4.78 is 16.1. The zero-order chi connectivity index (χ0) is 13.4. The van der Waals surface area contributed by atoms with Crippen molar-refractivity contribution >= 4 is 12.6 Å². The molecule has 1 aromatic carbocycles. The van der Waals surface area contributed by atoms with Crippen molar-refractivity contribution in [2.45, 2.75) is 31.0 Å². The number of methoxy groups -OCH3 is 2. The van der Waals surface area contributed by atoms with Crippen LogP contribution in [0.5, 0.6) is 0 Å². The second-order valence-corrected chi connectivity index (χ2v) is 4.71. The molecule has 0 heterocycles. The van der Waals surface area contributed by atoms with E-state index in [0.29, 0.717) is 6.61 Å². The minimum absolute atomic E-state index is 0.400. The maximum absolute atomic E-state index is 5.62. The van der Waals surface area contributed by atoms with Gasteiger partial charge in [0.15, 0.2) is 5.44 Å². The van der Waals surface area contributed by atoms with Crippen LogP contribution in [0.15, 0.2) is 30.3 Å². The van der Waals surface area contributed by atoms with Crippen LogP contribution in [0.1, 0.15) is 18.9 Å². The van der Waals surface area contributed by atoms with Crippen LogP contribution in [0, 0.1) is 0 Å². The molecule has 0 N–H and O–H groups in total. The molecule has 3 nitrogen and oxygen atoms in total. The first-order valence-electron chi connectivity index (χ1n) is 6.06. The molecule has 1 atom stereocenters. The van der Waals surface area contributed by atoms with Crippen molar-refractivity contribution in [3.63, 3.8) is 0 Å². The third-order valence-corrected chi connectivity index (χ3v) is 3.61. The van der Waals surface area contributed by atoms with E-state index in [-0.39, 0.29) is 0 Å². The summed E-state index contributed by atoms with van der Waals surface area (Å²) in [5, 5.41) is 0. The molecular weight excluding hydrogens is 248 g/mol. The summed E-state index contributed by atoms with van der Waals surface area (Å²) in [6.07, 6.45) is 1.95. The molecule has 0 fully saturated rings. The molecule has 0 spiro atoms. The number of rotatable bonds is 8. The molecule has 0 radical (unpaired) electrons. The standard InChI is InChI=1S/C14H22O3S/c1-14(15-2,16-3)13(18)17-11-7-10-12-8-5-4-6-9-12/h4-6,8-9,13,18H,7,10-11H2,1-3H3. The lowest BCUT2D eigenvalue weighted by atomic mass is 10.1. The highest BCUT2D eigenvalue weighted by Gasteiger charge is 2.32. The Hall–Kier alpha value is -0.550. The van der Waals surface area contributed by atoms with E-state index in [4.69, 9.17) is 14.2 Å². The molecule has 0 aliphatic carbocycles. The van der Waals surface area contributed by atoms with E-state index in [0.717, 1.165) is 12.8 Å². The molecule has 1 unspecified atom stereocenters. The third kappa shape index (κ3) is 4.61. The smallest absolute Gasteiger partial charge is 0.200 e. The second kappa shape index (κ2) is 7.79. The summed E-state index contributed by atoms with van der Waals surface area (Å²) in [6.45, 7) is 2.44. The van der Waals surface area contributed by atoms with Crippen molar-refractivity contribution in [3.05, 3.63) is 35.9 Å². The molecule has 0 amide bonds. The molecule has 0 aliphatic heterocycles. The van der Waals surface area contributed by atoms with Gasteiger partial charge in [-0.25, -0.2) is 0 Å². The quantitative estimate of drug-likeness (QED) is 0.447. The number of hydrogen-bond donors (Lipinski definition) is 1. The van der Waals surface area contributed by atoms with Crippen molar-refractivity contribution in [2.75, 3.05) is 20.8 Å². The molecule has 0 aromatic heterocycles. The van der Waals surface area contributed by atoms with Crippen molar-refractivity contribution < 1.29 is 14.2 Å². The molecular formula is C14H22O3S. The molecule has 18 heavy (non-hydrogen) atoms. The van der Waals surface area contributed by atoms with Crippen LogP contribution in [0.25, 0.3) is 0 Å². The molecule has 102 valence electrons. The molecule has 0 saturated carbocycles. The summed E-state index contributed by atoms with van der Waals surface area (Å²) in [7, 11) is 3.17. The van der Waals surface area contributed by atoms with Crippen LogP contribution in [0.3, 0.4) is 0 Å². The van der Waals surface area contributed by atoms with Crippen LogP contribution in [0.4, 0.5) is 0 Å². The summed E-state index contributed by atoms with van der Waals surface area (Å²) in [6, 6.07) is 10.3. The third-order valence-electron chi connectivity index (χ3n) is 2.99. The first kappa shape index (κ1) is 15.5. The molecule has 0 bridgehead atoms. The van der Waals surface area contributed by atoms with Gasteiger partial charge in [-0.2, -0.15) is 0 Å². The van der Waals surface area contributed by atoms with E-state index >= 15 is 0 Å². The number of benzene rings is 1. The number of hydrogen-bond acceptors (Lipinski definition) is 4. The molecule has 1 aromatic rings. The zero-order valence-corrected chi connectivity index (χ0v) is 12.2. The Kier molecular flexibility index (Phi) is 6.71. The van der Waals surface area contributed by atoms with Gasteiger partial charge in [-0.3, -0.25) is 0 Å². The topological polar surface area (TPSA) is 27.7 Å². The van der Waals surface area contributed by atoms with Gasteiger partial charge in [0, 0.05) is 20.8 Å². The highest BCUT2D eigenvalue weighted by molar-refractivity contribution is 7.80. The van der Waals surface area contributed by atoms with Crippen LogP contribution in [-0.2, 0) is 20.6 Å². The lowest BCUT2D eigenvalue weighted by molar-refractivity contribution is -0.233. The van der Waals surface area contributed by atoms with Gasteiger partial charge in [0.2, 0.25) is 5.79 Å². The number of thiol groups is 1. The van der Waals surface area contributed by atoms with E-state index in [2.05, 4.69) is 24.8 Å². The summed E-state index contributed by atoms with van der Waals surface area (Å²) in [4.78, 5) is 0. The van der Waals surface area contributed by atoms with Crippen molar-refractivity contribution in [1.29, 1.82) is 0 Å². The van der Waals surface area contributed by atoms with E-state index in [1.807, 2.05) is 25.1 Å². The van der Waals surface area contributed by atoms with Crippen LogP contribution in [-0.4, -0.2) is 32.0 Å². The monoisotopic (exact) mass is 270 g/mol. The van der Waals surface area contributed by atoms with Crippen molar-refractivity contribution in [1.82, 2.24) is 0 Å². The van der Waals surface area contributed by atoms with Gasteiger partial charge in [0.05, 0.1) is 0 Å². The van der Waals surface area contributed by atoms with Crippen LogP contribution < -0.4 is 0 Å². The lowest BCUT2D eigenvalue weighted by Crippen LogP contribution is -2.41. The van der Waals surface area contributed by atoms with Gasteiger partial charge < -0.3 is 14.2 Å². The van der Waals surface area contributed by atoms with Gasteiger partial charge in [0.1, 0.15) is 0 Å². The fourth-order valence-electron chi connectivity index (χ4n) is 1.55. The predicted octanol–water partition coefficient (Wildman–Crippen LogP) is 2.90. The fraction of sp³-hybridized carbons (Fsp3) is 0.571. The first-order valence-corrected chi connectivity index (χ1v) is 6.58. The predicted molar refractivity (Wildman–Crippen MR) is 75.9 cm³/mol. The average Bonchev–Trinajstić information content (AvgIpc) is 2.43. The first-order chi connectivity index (χ1) is 8.62. The fourth-order valence-corrected chi connectivity index (χ4v) is 1.87. The Morgan fingerprint density at radius 3 is 2.33 bits per heavy atom. The second-order valence-electron chi connectivity index (χ2n) is 4.24. The summed E-state index contributed by atoms with van der Waals surface area (Å²) in [5.41, 5.74) is 0.918. The van der Waals surface area contributed by atoms with E-state index < -0.39 is 11.2 Å². The Bertz CT molecular complexity index is 325. The minimum Gasteiger partial charge on any atom is -0.362 e. The summed E-state index contributed by atoms with van der Waals surface area (Å²) >= 11 is 4.36. The Balaban J connectivity index is 2.26. The molecule has 4 heteroatoms. The molecule has 0 saturated heterocycles. The highest BCUT2D eigenvalue weighted by Crippen LogP contribution is 2.21. The largest absolute Gasteiger partial charge is 0.362 e. The van der Waals surface area contributed by atoms with Gasteiger partial charge in [-0.1, -0.05) is 30.3 Å². The maximum Gasteiger partial charge on any atom is 0.200 e.